The molecule has 1 aliphatic rings. The lowest BCUT2D eigenvalue weighted by atomic mass is 9.96. The van der Waals surface area contributed by atoms with E-state index in [9.17, 15) is 5.11 Å². The van der Waals surface area contributed by atoms with Gasteiger partial charge in [0.15, 0.2) is 5.96 Å². The van der Waals surface area contributed by atoms with Crippen LogP contribution in [-0.4, -0.2) is 43.4 Å². The van der Waals surface area contributed by atoms with Crippen LogP contribution in [0.1, 0.15) is 43.8 Å². The van der Waals surface area contributed by atoms with E-state index in [0.717, 1.165) is 49.6 Å². The molecule has 1 aromatic heterocycles. The largest absolute Gasteiger partial charge is 0.466 e. The van der Waals surface area contributed by atoms with Crippen molar-refractivity contribution >= 4 is 29.9 Å². The number of guanidine groups is 1. The average Bonchev–Trinajstić information content (AvgIpc) is 3.11. The predicted molar refractivity (Wildman–Crippen MR) is 106 cm³/mol. The molecule has 0 spiro atoms. The maximum Gasteiger partial charge on any atom is 0.191 e. The first-order chi connectivity index (χ1) is 10.9. The van der Waals surface area contributed by atoms with Gasteiger partial charge in [0, 0.05) is 25.3 Å². The second kappa shape index (κ2) is 9.62. The van der Waals surface area contributed by atoms with E-state index in [0.29, 0.717) is 5.96 Å². The Hall–Kier alpha value is -0.800. The molecule has 0 aromatic carbocycles. The first-order valence-electron chi connectivity index (χ1n) is 8.36. The fourth-order valence-electron chi connectivity index (χ4n) is 2.84. The van der Waals surface area contributed by atoms with Gasteiger partial charge in [0.05, 0.1) is 12.6 Å². The molecule has 6 nitrogen and oxygen atoms in total. The number of aliphatic imine (C=N–C) groups is 1. The van der Waals surface area contributed by atoms with Crippen LogP contribution in [0.15, 0.2) is 15.5 Å². The predicted octanol–water partition coefficient (Wildman–Crippen LogP) is 2.46. The summed E-state index contributed by atoms with van der Waals surface area (Å²) in [5, 5.41) is 17.2. The zero-order chi connectivity index (χ0) is 16.9. The zero-order valence-electron chi connectivity index (χ0n) is 15.0. The maximum absolute atomic E-state index is 10.7. The van der Waals surface area contributed by atoms with Gasteiger partial charge >= 0.3 is 0 Å². The van der Waals surface area contributed by atoms with Gasteiger partial charge in [0.2, 0.25) is 0 Å². The van der Waals surface area contributed by atoms with Crippen LogP contribution in [0.25, 0.3) is 0 Å². The highest BCUT2D eigenvalue weighted by Crippen LogP contribution is 2.27. The minimum Gasteiger partial charge on any atom is -0.466 e. The highest BCUT2D eigenvalue weighted by atomic mass is 127. The highest BCUT2D eigenvalue weighted by Gasteiger charge is 2.27. The molecular formula is C17H30IN3O3. The molecule has 2 atom stereocenters. The second-order valence-electron chi connectivity index (χ2n) is 6.31. The van der Waals surface area contributed by atoms with E-state index in [1.54, 1.807) is 6.92 Å². The zero-order valence-corrected chi connectivity index (χ0v) is 17.3. The average molecular weight is 451 g/mol. The van der Waals surface area contributed by atoms with Crippen LogP contribution in [0.5, 0.6) is 0 Å². The van der Waals surface area contributed by atoms with Crippen molar-refractivity contribution in [3.05, 3.63) is 23.2 Å². The third-order valence-corrected chi connectivity index (χ3v) is 4.03. The first-order valence-corrected chi connectivity index (χ1v) is 8.36. The fraction of sp³-hybridized carbons (Fsp3) is 0.706. The van der Waals surface area contributed by atoms with E-state index < -0.39 is 5.60 Å². The Morgan fingerprint density at radius 3 is 2.71 bits per heavy atom. The molecular weight excluding hydrogens is 421 g/mol. The summed E-state index contributed by atoms with van der Waals surface area (Å²) in [6.45, 7) is 10.1. The van der Waals surface area contributed by atoms with Crippen molar-refractivity contribution in [3.8, 4) is 0 Å². The van der Waals surface area contributed by atoms with E-state index in [1.165, 1.54) is 0 Å². The van der Waals surface area contributed by atoms with E-state index in [-0.39, 0.29) is 36.6 Å². The summed E-state index contributed by atoms with van der Waals surface area (Å²) in [4.78, 5) is 4.52. The number of furan rings is 1. The Morgan fingerprint density at radius 2 is 2.17 bits per heavy atom. The first kappa shape index (κ1) is 21.2. The normalized spacial score (nSPS) is 20.4. The van der Waals surface area contributed by atoms with Crippen LogP contribution in [0.3, 0.4) is 0 Å². The molecule has 7 heteroatoms. The summed E-state index contributed by atoms with van der Waals surface area (Å²) < 4.78 is 11.1. The lowest BCUT2D eigenvalue weighted by Crippen LogP contribution is -2.42. The van der Waals surface area contributed by atoms with E-state index in [4.69, 9.17) is 9.15 Å². The van der Waals surface area contributed by atoms with Gasteiger partial charge in [-0.25, -0.2) is 4.99 Å². The van der Waals surface area contributed by atoms with Crippen molar-refractivity contribution < 1.29 is 14.3 Å². The van der Waals surface area contributed by atoms with Crippen LogP contribution >= 0.6 is 24.0 Å². The minimum atomic E-state index is -1.06. The van der Waals surface area contributed by atoms with Crippen LogP contribution in [0.2, 0.25) is 0 Å². The standard InChI is InChI=1S/C17H29N3O3.HI/c1-5-18-16(19-10-14-7-6-8-22-14)20-11-17(4,21)15-9-12(2)23-13(15)3;/h9,14,21H,5-8,10-11H2,1-4H3,(H2,18,19,20);1H. The Morgan fingerprint density at radius 1 is 1.42 bits per heavy atom. The summed E-state index contributed by atoms with van der Waals surface area (Å²) in [6.07, 6.45) is 2.45. The third-order valence-electron chi connectivity index (χ3n) is 4.03. The summed E-state index contributed by atoms with van der Waals surface area (Å²) in [7, 11) is 0. The summed E-state index contributed by atoms with van der Waals surface area (Å²) in [5.41, 5.74) is -0.276. The maximum atomic E-state index is 10.7. The number of hydrogen-bond donors (Lipinski definition) is 3. The molecule has 1 aliphatic heterocycles. The SMILES string of the molecule is CCNC(=NCC(C)(O)c1cc(C)oc1C)NCC1CCCO1.I. The van der Waals surface area contributed by atoms with Gasteiger partial charge in [0.25, 0.3) is 0 Å². The number of nitrogens with zero attached hydrogens (tertiary/aromatic N) is 1. The van der Waals surface area contributed by atoms with Gasteiger partial charge < -0.3 is 24.9 Å². The molecule has 0 aliphatic carbocycles. The molecule has 0 amide bonds. The number of ether oxygens (including phenoxy) is 1. The van der Waals surface area contributed by atoms with Crippen molar-refractivity contribution in [2.24, 2.45) is 4.99 Å². The molecule has 0 radical (unpaired) electrons. The number of nitrogens with one attached hydrogen (secondary N) is 2. The summed E-state index contributed by atoms with van der Waals surface area (Å²) >= 11 is 0. The van der Waals surface area contributed by atoms with Crippen molar-refractivity contribution in [1.29, 1.82) is 0 Å². The molecule has 1 saturated heterocycles. The highest BCUT2D eigenvalue weighted by molar-refractivity contribution is 14.0. The third kappa shape index (κ3) is 5.93. The molecule has 2 rings (SSSR count). The van der Waals surface area contributed by atoms with Gasteiger partial charge in [-0.2, -0.15) is 0 Å². The van der Waals surface area contributed by atoms with Crippen LogP contribution in [-0.2, 0) is 10.3 Å². The van der Waals surface area contributed by atoms with Crippen LogP contribution in [0.4, 0.5) is 0 Å². The van der Waals surface area contributed by atoms with E-state index in [1.807, 2.05) is 26.8 Å². The summed E-state index contributed by atoms with van der Waals surface area (Å²) in [5.74, 6) is 2.23. The Balaban J connectivity index is 0.00000288. The lowest BCUT2D eigenvalue weighted by Gasteiger charge is -2.22. The van der Waals surface area contributed by atoms with Gasteiger partial charge in [-0.1, -0.05) is 0 Å². The number of hydrogen-bond acceptors (Lipinski definition) is 4. The number of aryl methyl sites for hydroxylation is 2. The molecule has 2 unspecified atom stereocenters. The van der Waals surface area contributed by atoms with Gasteiger partial charge in [-0.3, -0.25) is 0 Å². The van der Waals surface area contributed by atoms with E-state index >= 15 is 0 Å². The molecule has 3 N–H and O–H groups in total. The molecule has 24 heavy (non-hydrogen) atoms. The van der Waals surface area contributed by atoms with Gasteiger partial charge in [-0.15, -0.1) is 24.0 Å². The Bertz CT molecular complexity index is 537. The second-order valence-corrected chi connectivity index (χ2v) is 6.31. The van der Waals surface area contributed by atoms with E-state index in [2.05, 4.69) is 15.6 Å². The topological polar surface area (TPSA) is 79.0 Å². The molecule has 0 saturated carbocycles. The molecule has 0 bridgehead atoms. The molecule has 2 heterocycles. The number of rotatable bonds is 6. The van der Waals surface area contributed by atoms with Crippen LogP contribution in [0, 0.1) is 13.8 Å². The van der Waals surface area contributed by atoms with Crippen molar-refractivity contribution in [2.75, 3.05) is 26.2 Å². The summed E-state index contributed by atoms with van der Waals surface area (Å²) in [6, 6.07) is 1.87. The van der Waals surface area contributed by atoms with Crippen LogP contribution < -0.4 is 10.6 Å². The molecule has 1 fully saturated rings. The van der Waals surface area contributed by atoms with Gasteiger partial charge in [-0.05, 0) is 46.6 Å². The number of halogens is 1. The van der Waals surface area contributed by atoms with Crippen molar-refractivity contribution in [3.63, 3.8) is 0 Å². The Kier molecular flexibility index (Phi) is 8.52. The van der Waals surface area contributed by atoms with Crippen molar-refractivity contribution in [2.45, 2.75) is 52.2 Å². The lowest BCUT2D eigenvalue weighted by molar-refractivity contribution is 0.0656. The minimum absolute atomic E-state index is 0. The monoisotopic (exact) mass is 451 g/mol. The fourth-order valence-corrected chi connectivity index (χ4v) is 2.84. The quantitative estimate of drug-likeness (QED) is 0.352. The molecule has 1 aromatic rings. The Labute approximate surface area is 161 Å². The van der Waals surface area contributed by atoms with Crippen molar-refractivity contribution in [1.82, 2.24) is 10.6 Å². The number of aliphatic hydroxyl groups is 1. The van der Waals surface area contributed by atoms with Gasteiger partial charge in [0.1, 0.15) is 17.1 Å². The molecule has 138 valence electrons. The smallest absolute Gasteiger partial charge is 0.191 e.